The highest BCUT2D eigenvalue weighted by Gasteiger charge is 2.28. The number of halogens is 1. The summed E-state index contributed by atoms with van der Waals surface area (Å²) >= 11 is 3.06. The molecule has 1 aromatic rings. The Hall–Kier alpha value is -0.510. The van der Waals surface area contributed by atoms with E-state index in [0.717, 1.165) is 0 Å². The van der Waals surface area contributed by atoms with E-state index in [1.807, 2.05) is 13.8 Å². The fourth-order valence-corrected chi connectivity index (χ4v) is 3.64. The Labute approximate surface area is 115 Å². The van der Waals surface area contributed by atoms with Crippen molar-refractivity contribution < 1.29 is 8.42 Å². The monoisotopic (exact) mass is 339 g/mol. The highest BCUT2D eigenvalue weighted by atomic mass is 79.9. The van der Waals surface area contributed by atoms with Gasteiger partial charge in [0.05, 0.1) is 0 Å². The molecule has 0 aliphatic carbocycles. The second-order valence-corrected chi connectivity index (χ2v) is 6.64. The second-order valence-electron chi connectivity index (χ2n) is 4.20. The van der Waals surface area contributed by atoms with E-state index < -0.39 is 15.6 Å². The molecule has 9 heteroatoms. The summed E-state index contributed by atoms with van der Waals surface area (Å²) in [6.07, 6.45) is 1.38. The zero-order chi connectivity index (χ0) is 14.0. The van der Waals surface area contributed by atoms with Crippen molar-refractivity contribution >= 4 is 26.0 Å². The molecule has 0 amide bonds. The number of sulfonamides is 1. The molecule has 1 heterocycles. The Morgan fingerprint density at radius 3 is 2.39 bits per heavy atom. The number of aryl methyl sites for hydroxylation is 1. The summed E-state index contributed by atoms with van der Waals surface area (Å²) in [7, 11) is -2.16. The van der Waals surface area contributed by atoms with Gasteiger partial charge in [0.1, 0.15) is 0 Å². The van der Waals surface area contributed by atoms with Crippen LogP contribution in [0.25, 0.3) is 0 Å². The lowest BCUT2D eigenvalue weighted by molar-refractivity contribution is 0.391. The summed E-state index contributed by atoms with van der Waals surface area (Å²) < 4.78 is 28.1. The van der Waals surface area contributed by atoms with E-state index in [0.29, 0.717) is 12.8 Å². The molecule has 0 radical (unpaired) electrons. The second kappa shape index (κ2) is 5.64. The largest absolute Gasteiger partial charge is 0.324 e. The zero-order valence-electron chi connectivity index (χ0n) is 10.6. The molecule has 0 bridgehead atoms. The smallest absolute Gasteiger partial charge is 0.260 e. The molecule has 0 saturated carbocycles. The molecule has 7 nitrogen and oxygen atoms in total. The highest BCUT2D eigenvalue weighted by molar-refractivity contribution is 9.10. The summed E-state index contributed by atoms with van der Waals surface area (Å²) in [5.74, 6) is 0. The van der Waals surface area contributed by atoms with Gasteiger partial charge in [-0.2, -0.15) is 0 Å². The Bertz CT molecular complexity index is 490. The van der Waals surface area contributed by atoms with Crippen LogP contribution in [0.5, 0.6) is 0 Å². The SMILES string of the molecule is CCC(N)(CC)CNS(=O)(=O)c1c(Br)nnn1C. The van der Waals surface area contributed by atoms with Gasteiger partial charge in [0.15, 0.2) is 4.60 Å². The average Bonchev–Trinajstić information content (AvgIpc) is 2.67. The molecule has 0 atom stereocenters. The lowest BCUT2D eigenvalue weighted by atomic mass is 9.95. The molecule has 0 spiro atoms. The summed E-state index contributed by atoms with van der Waals surface area (Å²) in [6.45, 7) is 4.04. The number of nitrogens with zero attached hydrogens (tertiary/aromatic N) is 3. The Kier molecular flexibility index (Phi) is 4.87. The molecule has 1 rings (SSSR count). The van der Waals surface area contributed by atoms with Crippen LogP contribution in [-0.2, 0) is 17.1 Å². The third kappa shape index (κ3) is 3.28. The summed E-state index contributed by atoms with van der Waals surface area (Å²) in [5.41, 5.74) is 5.52. The van der Waals surface area contributed by atoms with Gasteiger partial charge in [-0.15, -0.1) is 5.10 Å². The van der Waals surface area contributed by atoms with Crippen LogP contribution >= 0.6 is 15.9 Å². The van der Waals surface area contributed by atoms with Crippen molar-refractivity contribution in [3.05, 3.63) is 4.60 Å². The normalized spacial score (nSPS) is 12.9. The topological polar surface area (TPSA) is 103 Å². The van der Waals surface area contributed by atoms with Gasteiger partial charge in [-0.05, 0) is 28.8 Å². The van der Waals surface area contributed by atoms with E-state index in [1.165, 1.54) is 11.7 Å². The summed E-state index contributed by atoms with van der Waals surface area (Å²) in [4.78, 5) is 0. The van der Waals surface area contributed by atoms with Gasteiger partial charge in [-0.25, -0.2) is 17.8 Å². The minimum atomic E-state index is -3.67. The zero-order valence-corrected chi connectivity index (χ0v) is 13.0. The number of nitrogens with two attached hydrogens (primary N) is 1. The molecule has 104 valence electrons. The Balaban J connectivity index is 2.91. The molecule has 0 aliphatic heterocycles. The lowest BCUT2D eigenvalue weighted by Gasteiger charge is -2.26. The molecule has 18 heavy (non-hydrogen) atoms. The molecule has 3 N–H and O–H groups in total. The van der Waals surface area contributed by atoms with Gasteiger partial charge in [-0.1, -0.05) is 19.1 Å². The fraction of sp³-hybridized carbons (Fsp3) is 0.778. The summed E-state index contributed by atoms with van der Waals surface area (Å²) in [5, 5.41) is 7.28. The van der Waals surface area contributed by atoms with E-state index in [1.54, 1.807) is 0 Å². The maximum Gasteiger partial charge on any atom is 0.260 e. The van der Waals surface area contributed by atoms with Crippen molar-refractivity contribution in [1.29, 1.82) is 0 Å². The highest BCUT2D eigenvalue weighted by Crippen LogP contribution is 2.18. The molecule has 1 aromatic heterocycles. The standard InChI is InChI=1S/C9H18BrN5O2S/c1-4-9(11,5-2)6-12-18(16,17)8-7(10)13-14-15(8)3/h12H,4-6,11H2,1-3H3. The third-order valence-corrected chi connectivity index (χ3v) is 5.30. The van der Waals surface area contributed by atoms with Gasteiger partial charge in [0.2, 0.25) is 5.03 Å². The molecule has 0 aliphatic rings. The minimum absolute atomic E-state index is 0.00273. The average molecular weight is 340 g/mol. The minimum Gasteiger partial charge on any atom is -0.324 e. The maximum atomic E-state index is 12.1. The van der Waals surface area contributed by atoms with E-state index in [-0.39, 0.29) is 16.2 Å². The lowest BCUT2D eigenvalue weighted by Crippen LogP contribution is -2.49. The van der Waals surface area contributed by atoms with Crippen LogP contribution in [0.4, 0.5) is 0 Å². The molecule has 0 aromatic carbocycles. The third-order valence-electron chi connectivity index (χ3n) is 3.01. The van der Waals surface area contributed by atoms with Crippen molar-refractivity contribution in [1.82, 2.24) is 19.7 Å². The van der Waals surface area contributed by atoms with E-state index >= 15 is 0 Å². The predicted molar refractivity (Wildman–Crippen MR) is 71.4 cm³/mol. The van der Waals surface area contributed by atoms with Gasteiger partial charge in [-0.3, -0.25) is 0 Å². The van der Waals surface area contributed by atoms with Crippen LogP contribution < -0.4 is 10.5 Å². The van der Waals surface area contributed by atoms with Crippen molar-refractivity contribution in [2.75, 3.05) is 6.54 Å². The Morgan fingerprint density at radius 1 is 1.44 bits per heavy atom. The van der Waals surface area contributed by atoms with Gasteiger partial charge < -0.3 is 5.73 Å². The predicted octanol–water partition coefficient (Wildman–Crippen LogP) is 0.373. The van der Waals surface area contributed by atoms with Crippen LogP contribution in [0.2, 0.25) is 0 Å². The number of nitrogens with one attached hydrogen (secondary N) is 1. The first kappa shape index (κ1) is 15.5. The number of aromatic nitrogens is 3. The number of hydrogen-bond acceptors (Lipinski definition) is 5. The van der Waals surface area contributed by atoms with E-state index in [9.17, 15) is 8.42 Å². The fourth-order valence-electron chi connectivity index (χ4n) is 1.42. The molecular formula is C9H18BrN5O2S. The number of hydrogen-bond donors (Lipinski definition) is 2. The maximum absolute atomic E-state index is 12.1. The van der Waals surface area contributed by atoms with Gasteiger partial charge in [0, 0.05) is 19.1 Å². The molecular weight excluding hydrogens is 322 g/mol. The van der Waals surface area contributed by atoms with E-state index in [4.69, 9.17) is 5.73 Å². The quantitative estimate of drug-likeness (QED) is 0.779. The van der Waals surface area contributed by atoms with Crippen LogP contribution in [0.1, 0.15) is 26.7 Å². The first-order chi connectivity index (χ1) is 8.25. The van der Waals surface area contributed by atoms with Gasteiger partial charge in [0.25, 0.3) is 10.0 Å². The molecule has 0 fully saturated rings. The van der Waals surface area contributed by atoms with Crippen LogP contribution in [0.3, 0.4) is 0 Å². The van der Waals surface area contributed by atoms with Gasteiger partial charge >= 0.3 is 0 Å². The van der Waals surface area contributed by atoms with Crippen LogP contribution in [0.15, 0.2) is 9.63 Å². The molecule has 0 saturated heterocycles. The Morgan fingerprint density at radius 2 is 2.00 bits per heavy atom. The van der Waals surface area contributed by atoms with Crippen molar-refractivity contribution in [2.24, 2.45) is 12.8 Å². The van der Waals surface area contributed by atoms with Crippen LogP contribution in [0, 0.1) is 0 Å². The first-order valence-electron chi connectivity index (χ1n) is 5.59. The van der Waals surface area contributed by atoms with Crippen LogP contribution in [-0.4, -0.2) is 35.5 Å². The van der Waals surface area contributed by atoms with Crippen molar-refractivity contribution in [2.45, 2.75) is 37.3 Å². The van der Waals surface area contributed by atoms with Crippen molar-refractivity contribution in [3.8, 4) is 0 Å². The summed E-state index contributed by atoms with van der Waals surface area (Å²) in [6, 6.07) is 0. The first-order valence-corrected chi connectivity index (χ1v) is 7.87. The van der Waals surface area contributed by atoms with Crippen molar-refractivity contribution in [3.63, 3.8) is 0 Å². The number of rotatable bonds is 6. The molecule has 0 unspecified atom stereocenters. The van der Waals surface area contributed by atoms with E-state index in [2.05, 4.69) is 31.0 Å².